The number of hydrogen-bond donors (Lipinski definition) is 2. The maximum atomic E-state index is 13.3. The van der Waals surface area contributed by atoms with E-state index >= 15 is 0 Å². The van der Waals surface area contributed by atoms with Gasteiger partial charge in [-0.15, -0.1) is 0 Å². The number of nitrogens with two attached hydrogens (primary N) is 1. The lowest BCUT2D eigenvalue weighted by Gasteiger charge is -2.23. The molecule has 182 valence electrons. The second kappa shape index (κ2) is 7.82. The van der Waals surface area contributed by atoms with Crippen molar-refractivity contribution in [3.63, 3.8) is 0 Å². The molecular formula is C20H18F4N4O5S. The third-order valence-electron chi connectivity index (χ3n) is 5.58. The van der Waals surface area contributed by atoms with Gasteiger partial charge >= 0.3 is 18.2 Å². The highest BCUT2D eigenvalue weighted by molar-refractivity contribution is 7.91. The van der Waals surface area contributed by atoms with Gasteiger partial charge in [0.05, 0.1) is 34.0 Å². The SMILES string of the molecule is C[C@]1(c2nc3c(cc2C(N)=O)[nH]c(=O)n3-c2cccc(OC(F)(F)C(F)F)c2)CCS(=O)(=O)C1. The van der Waals surface area contributed by atoms with Crippen LogP contribution in [0.5, 0.6) is 5.75 Å². The first-order valence-corrected chi connectivity index (χ1v) is 11.7. The molecule has 1 atom stereocenters. The molecule has 0 saturated carbocycles. The molecule has 3 N–H and O–H groups in total. The minimum absolute atomic E-state index is 0.0479. The molecule has 1 fully saturated rings. The molecule has 1 saturated heterocycles. The van der Waals surface area contributed by atoms with Gasteiger partial charge < -0.3 is 15.5 Å². The molecule has 1 aliphatic rings. The third-order valence-corrected chi connectivity index (χ3v) is 7.49. The van der Waals surface area contributed by atoms with Crippen LogP contribution in [0.3, 0.4) is 0 Å². The van der Waals surface area contributed by atoms with Crippen LogP contribution < -0.4 is 16.2 Å². The van der Waals surface area contributed by atoms with E-state index in [4.69, 9.17) is 5.73 Å². The molecule has 1 aromatic carbocycles. The monoisotopic (exact) mass is 502 g/mol. The Kier molecular flexibility index (Phi) is 5.46. The van der Waals surface area contributed by atoms with E-state index in [0.717, 1.165) is 16.7 Å². The van der Waals surface area contributed by atoms with Crippen molar-refractivity contribution < 1.29 is 35.5 Å². The smallest absolute Gasteiger partial charge is 0.428 e. The fraction of sp³-hybridized carbons (Fsp3) is 0.350. The van der Waals surface area contributed by atoms with E-state index in [-0.39, 0.29) is 46.0 Å². The number of hydrogen-bond acceptors (Lipinski definition) is 6. The molecule has 9 nitrogen and oxygen atoms in total. The molecule has 1 aliphatic heterocycles. The molecule has 34 heavy (non-hydrogen) atoms. The van der Waals surface area contributed by atoms with Crippen LogP contribution in [0, 0.1) is 0 Å². The standard InChI is InChI=1S/C20H18F4N4O5S/c1-19(5-6-34(31,32)9-19)14-12(15(25)29)8-13-16(27-14)28(18(30)26-13)10-3-2-4-11(7-10)33-20(23,24)17(21)22/h2-4,7-8,17H,5-6,9H2,1H3,(H2,25,29)(H,26,30)/t19-/m0/s1. The van der Waals surface area contributed by atoms with Crippen molar-refractivity contribution in [1.82, 2.24) is 14.5 Å². The first-order valence-electron chi connectivity index (χ1n) is 9.84. The highest BCUT2D eigenvalue weighted by Gasteiger charge is 2.44. The molecular weight excluding hydrogens is 484 g/mol. The first kappa shape index (κ1) is 23.7. The number of H-pyrrole nitrogens is 1. The summed E-state index contributed by atoms with van der Waals surface area (Å²) in [6, 6.07) is 5.75. The van der Waals surface area contributed by atoms with Gasteiger partial charge in [0.2, 0.25) is 0 Å². The lowest BCUT2D eigenvalue weighted by atomic mass is 9.83. The first-order chi connectivity index (χ1) is 15.7. The highest BCUT2D eigenvalue weighted by Crippen LogP contribution is 2.37. The van der Waals surface area contributed by atoms with Gasteiger partial charge in [0.1, 0.15) is 5.75 Å². The number of aromatic amines is 1. The van der Waals surface area contributed by atoms with Crippen LogP contribution in [0.15, 0.2) is 35.1 Å². The Labute approximate surface area is 189 Å². The number of alkyl halides is 4. The number of carbonyl (C=O) groups excluding carboxylic acids is 1. The Balaban J connectivity index is 1.89. The van der Waals surface area contributed by atoms with Crippen molar-refractivity contribution in [1.29, 1.82) is 0 Å². The number of benzene rings is 1. The van der Waals surface area contributed by atoms with Gasteiger partial charge in [-0.05, 0) is 24.6 Å². The van der Waals surface area contributed by atoms with Crippen molar-refractivity contribution in [2.24, 2.45) is 5.73 Å². The summed E-state index contributed by atoms with van der Waals surface area (Å²) >= 11 is 0. The fourth-order valence-corrected chi connectivity index (χ4v) is 6.16. The predicted molar refractivity (Wildman–Crippen MR) is 112 cm³/mol. The van der Waals surface area contributed by atoms with E-state index < -0.39 is 45.1 Å². The van der Waals surface area contributed by atoms with Gasteiger partial charge in [-0.2, -0.15) is 17.6 Å². The van der Waals surface area contributed by atoms with Crippen LogP contribution in [0.4, 0.5) is 17.6 Å². The van der Waals surface area contributed by atoms with Crippen LogP contribution in [-0.4, -0.2) is 52.9 Å². The van der Waals surface area contributed by atoms with E-state index in [9.17, 15) is 35.6 Å². The number of rotatable bonds is 6. The number of sulfone groups is 1. The van der Waals surface area contributed by atoms with E-state index in [1.807, 2.05) is 0 Å². The maximum absolute atomic E-state index is 13.3. The zero-order valence-electron chi connectivity index (χ0n) is 17.5. The van der Waals surface area contributed by atoms with Gasteiger partial charge in [0, 0.05) is 11.5 Å². The van der Waals surface area contributed by atoms with Crippen LogP contribution in [0.2, 0.25) is 0 Å². The number of ether oxygens (including phenoxy) is 1. The number of carbonyl (C=O) groups is 1. The zero-order chi connectivity index (χ0) is 25.1. The number of nitrogens with zero attached hydrogens (tertiary/aromatic N) is 2. The number of primary amides is 1. The molecule has 3 heterocycles. The fourth-order valence-electron chi connectivity index (χ4n) is 4.01. The summed E-state index contributed by atoms with van der Waals surface area (Å²) in [4.78, 5) is 31.7. The molecule has 0 radical (unpaired) electrons. The summed E-state index contributed by atoms with van der Waals surface area (Å²) in [6.07, 6.45) is -8.67. The second-order valence-electron chi connectivity index (χ2n) is 8.25. The van der Waals surface area contributed by atoms with Gasteiger partial charge in [-0.25, -0.2) is 22.8 Å². The number of halogens is 4. The molecule has 0 spiro atoms. The van der Waals surface area contributed by atoms with E-state index in [1.165, 1.54) is 18.2 Å². The van der Waals surface area contributed by atoms with E-state index in [0.29, 0.717) is 0 Å². The quantitative estimate of drug-likeness (QED) is 0.496. The highest BCUT2D eigenvalue weighted by atomic mass is 32.2. The van der Waals surface area contributed by atoms with Crippen molar-refractivity contribution in [2.45, 2.75) is 31.3 Å². The molecule has 1 amide bonds. The summed E-state index contributed by atoms with van der Waals surface area (Å²) in [6.45, 7) is 1.61. The molecule has 14 heteroatoms. The van der Waals surface area contributed by atoms with Gasteiger partial charge in [0.25, 0.3) is 5.91 Å². The van der Waals surface area contributed by atoms with Gasteiger partial charge in [-0.1, -0.05) is 13.0 Å². The Morgan fingerprint density at radius 1 is 1.32 bits per heavy atom. The normalized spacial score (nSPS) is 20.2. The Morgan fingerprint density at radius 2 is 2.03 bits per heavy atom. The van der Waals surface area contributed by atoms with E-state index in [1.54, 1.807) is 6.92 Å². The minimum Gasteiger partial charge on any atom is -0.428 e. The number of amides is 1. The topological polar surface area (TPSA) is 137 Å². The van der Waals surface area contributed by atoms with Crippen LogP contribution in [-0.2, 0) is 15.3 Å². The van der Waals surface area contributed by atoms with E-state index in [2.05, 4.69) is 14.7 Å². The summed E-state index contributed by atoms with van der Waals surface area (Å²) in [5.41, 5.74) is 3.60. The molecule has 0 unspecified atom stereocenters. The molecule has 3 aromatic rings. The summed E-state index contributed by atoms with van der Waals surface area (Å²) in [7, 11) is -3.40. The number of nitrogens with one attached hydrogen (secondary N) is 1. The summed E-state index contributed by atoms with van der Waals surface area (Å²) in [5.74, 6) is -1.93. The maximum Gasteiger partial charge on any atom is 0.461 e. The molecule has 4 rings (SSSR count). The van der Waals surface area contributed by atoms with Crippen molar-refractivity contribution in [3.8, 4) is 11.4 Å². The summed E-state index contributed by atoms with van der Waals surface area (Å²) in [5, 5.41) is 0. The number of pyridine rings is 1. The number of fused-ring (bicyclic) bond motifs is 1. The lowest BCUT2D eigenvalue weighted by molar-refractivity contribution is -0.253. The van der Waals surface area contributed by atoms with Crippen LogP contribution >= 0.6 is 0 Å². The van der Waals surface area contributed by atoms with Crippen LogP contribution in [0.25, 0.3) is 16.9 Å². The molecule has 0 bridgehead atoms. The van der Waals surface area contributed by atoms with Crippen molar-refractivity contribution >= 4 is 26.9 Å². The lowest BCUT2D eigenvalue weighted by Crippen LogP contribution is -2.33. The average molecular weight is 502 g/mol. The molecule has 2 aromatic heterocycles. The number of aromatic nitrogens is 3. The minimum atomic E-state index is -4.76. The molecule has 0 aliphatic carbocycles. The van der Waals surface area contributed by atoms with Crippen molar-refractivity contribution in [2.75, 3.05) is 11.5 Å². The number of imidazole rings is 1. The van der Waals surface area contributed by atoms with Gasteiger partial charge in [0.15, 0.2) is 15.5 Å². The Bertz CT molecular complexity index is 1470. The average Bonchev–Trinajstić information content (AvgIpc) is 3.21. The summed E-state index contributed by atoms with van der Waals surface area (Å²) < 4.78 is 81.0. The predicted octanol–water partition coefficient (Wildman–Crippen LogP) is 2.13. The van der Waals surface area contributed by atoms with Crippen molar-refractivity contribution in [3.05, 3.63) is 52.1 Å². The Morgan fingerprint density at radius 3 is 2.62 bits per heavy atom. The largest absolute Gasteiger partial charge is 0.461 e. The zero-order valence-corrected chi connectivity index (χ0v) is 18.3. The van der Waals surface area contributed by atoms with Crippen LogP contribution in [0.1, 0.15) is 29.4 Å². The Hall–Kier alpha value is -3.42. The van der Waals surface area contributed by atoms with Gasteiger partial charge in [-0.3, -0.25) is 4.79 Å². The second-order valence-corrected chi connectivity index (χ2v) is 10.4. The third kappa shape index (κ3) is 4.13.